The molecule has 0 aromatic heterocycles. The molecular weight excluding hydrogens is 196 g/mol. The van der Waals surface area contributed by atoms with Crippen molar-refractivity contribution in [3.8, 4) is 0 Å². The molecule has 2 nitrogen and oxygen atoms in total. The predicted octanol–water partition coefficient (Wildman–Crippen LogP) is 3.06. The minimum atomic E-state index is 0.340. The van der Waals surface area contributed by atoms with Crippen LogP contribution in [0, 0.1) is 5.41 Å². The fraction of sp³-hybridized carbons (Fsp3) is 1.00. The predicted molar refractivity (Wildman–Crippen MR) is 71.6 cm³/mol. The maximum Gasteiger partial charge on any atom is 0.00673 e. The molecule has 2 heteroatoms. The second-order valence-corrected chi connectivity index (χ2v) is 5.48. The minimum absolute atomic E-state index is 0.340. The van der Waals surface area contributed by atoms with Crippen LogP contribution >= 0.6 is 0 Å². The molecule has 0 radical (unpaired) electrons. The highest BCUT2D eigenvalue weighted by Crippen LogP contribution is 2.25. The Morgan fingerprint density at radius 1 is 1.06 bits per heavy atom. The van der Waals surface area contributed by atoms with Gasteiger partial charge in [-0.15, -0.1) is 0 Å². The van der Waals surface area contributed by atoms with E-state index >= 15 is 0 Å². The Bertz CT molecular complexity index is 159. The van der Waals surface area contributed by atoms with E-state index in [2.05, 4.69) is 19.2 Å². The molecule has 0 spiro atoms. The van der Waals surface area contributed by atoms with E-state index in [0.717, 1.165) is 19.1 Å². The molecule has 3 N–H and O–H groups in total. The number of nitrogens with two attached hydrogens (primary N) is 1. The molecule has 96 valence electrons. The molecule has 1 rings (SSSR count). The molecule has 0 aromatic rings. The van der Waals surface area contributed by atoms with Crippen molar-refractivity contribution >= 4 is 0 Å². The zero-order valence-corrected chi connectivity index (χ0v) is 11.2. The Kier molecular flexibility index (Phi) is 6.37. The lowest BCUT2D eigenvalue weighted by Gasteiger charge is -2.32. The van der Waals surface area contributed by atoms with Gasteiger partial charge in [-0.1, -0.05) is 39.5 Å². The lowest BCUT2D eigenvalue weighted by molar-refractivity contribution is 0.242. The van der Waals surface area contributed by atoms with E-state index in [4.69, 9.17) is 5.73 Å². The first-order valence-corrected chi connectivity index (χ1v) is 7.20. The molecule has 1 aliphatic rings. The molecule has 1 saturated carbocycles. The molecule has 0 saturated heterocycles. The highest BCUT2D eigenvalue weighted by molar-refractivity contribution is 4.82. The Balaban J connectivity index is 2.35. The van der Waals surface area contributed by atoms with Crippen molar-refractivity contribution in [3.63, 3.8) is 0 Å². The quantitative estimate of drug-likeness (QED) is 0.683. The van der Waals surface area contributed by atoms with Gasteiger partial charge >= 0.3 is 0 Å². The first kappa shape index (κ1) is 14.0. The summed E-state index contributed by atoms with van der Waals surface area (Å²) in [7, 11) is 0. The smallest absolute Gasteiger partial charge is 0.00673 e. The third kappa shape index (κ3) is 4.06. The van der Waals surface area contributed by atoms with Crippen LogP contribution in [0.5, 0.6) is 0 Å². The highest BCUT2D eigenvalue weighted by atomic mass is 14.9. The van der Waals surface area contributed by atoms with Gasteiger partial charge < -0.3 is 11.1 Å². The molecule has 0 aromatic carbocycles. The van der Waals surface area contributed by atoms with E-state index in [1.54, 1.807) is 0 Å². The fourth-order valence-electron chi connectivity index (χ4n) is 2.71. The van der Waals surface area contributed by atoms with Gasteiger partial charge in [0.15, 0.2) is 0 Å². The summed E-state index contributed by atoms with van der Waals surface area (Å²) in [6.07, 6.45) is 10.8. The molecule has 0 unspecified atom stereocenters. The summed E-state index contributed by atoms with van der Waals surface area (Å²) in [6.45, 7) is 6.47. The van der Waals surface area contributed by atoms with E-state index in [1.807, 2.05) is 0 Å². The van der Waals surface area contributed by atoms with Gasteiger partial charge in [0.05, 0.1) is 0 Å². The van der Waals surface area contributed by atoms with Crippen molar-refractivity contribution in [1.82, 2.24) is 5.32 Å². The maximum atomic E-state index is 5.94. The first-order valence-electron chi connectivity index (χ1n) is 7.20. The largest absolute Gasteiger partial charge is 0.330 e. The Morgan fingerprint density at radius 3 is 2.06 bits per heavy atom. The molecule has 0 heterocycles. The topological polar surface area (TPSA) is 38.0 Å². The average Bonchev–Trinajstić information content (AvgIpc) is 2.60. The lowest BCUT2D eigenvalue weighted by atomic mass is 9.82. The molecule has 0 aliphatic heterocycles. The molecule has 0 bridgehead atoms. The van der Waals surface area contributed by atoms with E-state index in [9.17, 15) is 0 Å². The standard InChI is InChI=1S/C14H30N2/c1-3-14(4-2,11-15)12-16-13-9-7-5-6-8-10-13/h13,16H,3-12,15H2,1-2H3. The Labute approximate surface area is 101 Å². The van der Waals surface area contributed by atoms with E-state index in [1.165, 1.54) is 51.4 Å². The van der Waals surface area contributed by atoms with E-state index in [-0.39, 0.29) is 0 Å². The summed E-state index contributed by atoms with van der Waals surface area (Å²) >= 11 is 0. The van der Waals surface area contributed by atoms with Crippen LogP contribution in [0.25, 0.3) is 0 Å². The van der Waals surface area contributed by atoms with Crippen LogP contribution in [0.15, 0.2) is 0 Å². The lowest BCUT2D eigenvalue weighted by Crippen LogP contribution is -2.43. The van der Waals surface area contributed by atoms with Crippen molar-refractivity contribution in [2.24, 2.45) is 11.1 Å². The normalized spacial score (nSPS) is 19.7. The number of nitrogens with one attached hydrogen (secondary N) is 1. The molecule has 0 amide bonds. The summed E-state index contributed by atoms with van der Waals surface area (Å²) in [5.74, 6) is 0. The zero-order chi connectivity index (χ0) is 11.9. The van der Waals surface area contributed by atoms with Crippen LogP contribution in [0.2, 0.25) is 0 Å². The third-order valence-corrected chi connectivity index (χ3v) is 4.55. The van der Waals surface area contributed by atoms with Crippen LogP contribution in [0.3, 0.4) is 0 Å². The third-order valence-electron chi connectivity index (χ3n) is 4.55. The monoisotopic (exact) mass is 226 g/mol. The average molecular weight is 226 g/mol. The van der Waals surface area contributed by atoms with Gasteiger partial charge in [0, 0.05) is 12.6 Å². The second kappa shape index (κ2) is 7.29. The van der Waals surface area contributed by atoms with Gasteiger partial charge in [-0.25, -0.2) is 0 Å². The summed E-state index contributed by atoms with van der Waals surface area (Å²) in [5, 5.41) is 3.78. The summed E-state index contributed by atoms with van der Waals surface area (Å²) < 4.78 is 0. The number of hydrogen-bond donors (Lipinski definition) is 2. The highest BCUT2D eigenvalue weighted by Gasteiger charge is 2.25. The van der Waals surface area contributed by atoms with Crippen molar-refractivity contribution < 1.29 is 0 Å². The summed E-state index contributed by atoms with van der Waals surface area (Å²) in [4.78, 5) is 0. The molecule has 1 aliphatic carbocycles. The van der Waals surface area contributed by atoms with Gasteiger partial charge in [0.1, 0.15) is 0 Å². The minimum Gasteiger partial charge on any atom is -0.330 e. The van der Waals surface area contributed by atoms with Gasteiger partial charge in [0.2, 0.25) is 0 Å². The van der Waals surface area contributed by atoms with Crippen LogP contribution in [-0.4, -0.2) is 19.1 Å². The van der Waals surface area contributed by atoms with Crippen molar-refractivity contribution in [1.29, 1.82) is 0 Å². The van der Waals surface area contributed by atoms with Crippen LogP contribution in [0.1, 0.15) is 65.2 Å². The zero-order valence-electron chi connectivity index (χ0n) is 11.2. The maximum absolute atomic E-state index is 5.94. The van der Waals surface area contributed by atoms with E-state index in [0.29, 0.717) is 5.41 Å². The van der Waals surface area contributed by atoms with Crippen LogP contribution < -0.4 is 11.1 Å². The second-order valence-electron chi connectivity index (χ2n) is 5.48. The van der Waals surface area contributed by atoms with E-state index < -0.39 is 0 Å². The number of hydrogen-bond acceptors (Lipinski definition) is 2. The molecule has 16 heavy (non-hydrogen) atoms. The fourth-order valence-corrected chi connectivity index (χ4v) is 2.71. The van der Waals surface area contributed by atoms with Crippen molar-refractivity contribution in [2.75, 3.05) is 13.1 Å². The molecular formula is C14H30N2. The number of rotatable bonds is 6. The molecule has 1 fully saturated rings. The summed E-state index contributed by atoms with van der Waals surface area (Å²) in [5.41, 5.74) is 6.27. The SMILES string of the molecule is CCC(CC)(CN)CNC1CCCCCC1. The van der Waals surface area contributed by atoms with Crippen molar-refractivity contribution in [3.05, 3.63) is 0 Å². The van der Waals surface area contributed by atoms with Gasteiger partial charge in [0.25, 0.3) is 0 Å². The van der Waals surface area contributed by atoms with Gasteiger partial charge in [-0.05, 0) is 37.6 Å². The van der Waals surface area contributed by atoms with Gasteiger partial charge in [-0.2, -0.15) is 0 Å². The van der Waals surface area contributed by atoms with Crippen molar-refractivity contribution in [2.45, 2.75) is 71.3 Å². The van der Waals surface area contributed by atoms with Crippen LogP contribution in [0.4, 0.5) is 0 Å². The Morgan fingerprint density at radius 2 is 1.62 bits per heavy atom. The molecule has 0 atom stereocenters. The first-order chi connectivity index (χ1) is 7.76. The van der Waals surface area contributed by atoms with Crippen LogP contribution in [-0.2, 0) is 0 Å². The van der Waals surface area contributed by atoms with Gasteiger partial charge in [-0.3, -0.25) is 0 Å². The Hall–Kier alpha value is -0.0800. The summed E-state index contributed by atoms with van der Waals surface area (Å²) in [6, 6.07) is 0.756.